The molecule has 1 heterocycles. The molecule has 0 aliphatic carbocycles. The number of hydrogen-bond acceptors (Lipinski definition) is 2. The number of H-pyrrole nitrogens is 1. The Labute approximate surface area is 140 Å². The number of ether oxygens (including phenoxy) is 1. The van der Waals surface area contributed by atoms with E-state index in [1.807, 2.05) is 24.3 Å². The van der Waals surface area contributed by atoms with Gasteiger partial charge in [-0.05, 0) is 34.7 Å². The van der Waals surface area contributed by atoms with Gasteiger partial charge in [-0.3, -0.25) is 0 Å². The number of esters is 1. The lowest BCUT2D eigenvalue weighted by Crippen LogP contribution is -2.11. The highest BCUT2D eigenvalue weighted by atomic mass is 19.1. The third-order valence-corrected chi connectivity index (χ3v) is 4.08. The predicted octanol–water partition coefficient (Wildman–Crippen LogP) is 4.96. The Morgan fingerprint density at radius 2 is 1.79 bits per heavy atom. The minimum absolute atomic E-state index is 0.0859. The summed E-state index contributed by atoms with van der Waals surface area (Å²) in [6.45, 7) is 6.64. The highest BCUT2D eigenvalue weighted by molar-refractivity contribution is 6.03. The molecule has 124 valence electrons. The number of aromatic nitrogens is 1. The fraction of sp³-hybridized carbons (Fsp3) is 0.250. The molecule has 0 atom stereocenters. The monoisotopic (exact) mass is 325 g/mol. The SMILES string of the molecule is CC(C)(C)c1ccc(COC(=O)c2ccc(F)c3cc[nH]c23)cc1. The second-order valence-corrected chi connectivity index (χ2v) is 6.88. The van der Waals surface area contributed by atoms with E-state index in [0.717, 1.165) is 5.56 Å². The minimum atomic E-state index is -0.470. The van der Waals surface area contributed by atoms with Crippen LogP contribution in [-0.2, 0) is 16.8 Å². The summed E-state index contributed by atoms with van der Waals surface area (Å²) in [6.07, 6.45) is 1.61. The van der Waals surface area contributed by atoms with Crippen LogP contribution in [0.15, 0.2) is 48.7 Å². The molecule has 1 aromatic heterocycles. The zero-order chi connectivity index (χ0) is 17.3. The molecule has 0 aliphatic rings. The van der Waals surface area contributed by atoms with Crippen LogP contribution in [0.25, 0.3) is 10.9 Å². The fourth-order valence-electron chi connectivity index (χ4n) is 2.62. The summed E-state index contributed by atoms with van der Waals surface area (Å²) in [4.78, 5) is 15.2. The van der Waals surface area contributed by atoms with Crippen LogP contribution in [0.3, 0.4) is 0 Å². The maximum atomic E-state index is 13.7. The summed E-state index contributed by atoms with van der Waals surface area (Å²) >= 11 is 0. The molecule has 0 bridgehead atoms. The Bertz CT molecular complexity index is 873. The van der Waals surface area contributed by atoms with Crippen molar-refractivity contribution in [1.82, 2.24) is 4.98 Å². The van der Waals surface area contributed by atoms with Crippen molar-refractivity contribution in [2.45, 2.75) is 32.8 Å². The zero-order valence-electron chi connectivity index (χ0n) is 14.0. The van der Waals surface area contributed by atoms with Gasteiger partial charge in [-0.2, -0.15) is 0 Å². The van der Waals surface area contributed by atoms with Crippen LogP contribution in [0.4, 0.5) is 4.39 Å². The van der Waals surface area contributed by atoms with Gasteiger partial charge in [0.05, 0.1) is 11.1 Å². The summed E-state index contributed by atoms with van der Waals surface area (Å²) in [6, 6.07) is 12.3. The van der Waals surface area contributed by atoms with Gasteiger partial charge in [0.1, 0.15) is 12.4 Å². The van der Waals surface area contributed by atoms with Crippen molar-refractivity contribution in [1.29, 1.82) is 0 Å². The third kappa shape index (κ3) is 3.18. The average molecular weight is 325 g/mol. The molecule has 0 spiro atoms. The van der Waals surface area contributed by atoms with Gasteiger partial charge in [0.15, 0.2) is 0 Å². The highest BCUT2D eigenvalue weighted by Crippen LogP contribution is 2.23. The summed E-state index contributed by atoms with van der Waals surface area (Å²) in [5.74, 6) is -0.831. The van der Waals surface area contributed by atoms with Crippen LogP contribution in [0.1, 0.15) is 42.3 Å². The van der Waals surface area contributed by atoms with Gasteiger partial charge >= 0.3 is 5.97 Å². The molecule has 2 aromatic carbocycles. The topological polar surface area (TPSA) is 42.1 Å². The molecule has 4 heteroatoms. The van der Waals surface area contributed by atoms with Crippen LogP contribution >= 0.6 is 0 Å². The van der Waals surface area contributed by atoms with Crippen LogP contribution in [0, 0.1) is 5.82 Å². The summed E-state index contributed by atoms with van der Waals surface area (Å²) in [7, 11) is 0. The molecule has 3 rings (SSSR count). The molecule has 0 fully saturated rings. The number of benzene rings is 2. The smallest absolute Gasteiger partial charge is 0.340 e. The van der Waals surface area contributed by atoms with Crippen molar-refractivity contribution in [3.05, 3.63) is 71.2 Å². The quantitative estimate of drug-likeness (QED) is 0.691. The van der Waals surface area contributed by atoms with E-state index in [2.05, 4.69) is 25.8 Å². The first-order valence-corrected chi connectivity index (χ1v) is 7.88. The number of hydrogen-bond donors (Lipinski definition) is 1. The van der Waals surface area contributed by atoms with E-state index in [-0.39, 0.29) is 17.8 Å². The predicted molar refractivity (Wildman–Crippen MR) is 92.5 cm³/mol. The standard InChI is InChI=1S/C20H20FNO2/c1-20(2,3)14-6-4-13(5-7-14)12-24-19(23)16-8-9-17(21)15-10-11-22-18(15)16/h4-11,22H,12H2,1-3H3. The lowest BCUT2D eigenvalue weighted by Gasteiger charge is -2.19. The molecule has 3 nitrogen and oxygen atoms in total. The molecule has 3 aromatic rings. The molecule has 24 heavy (non-hydrogen) atoms. The van der Waals surface area contributed by atoms with Gasteiger partial charge in [0, 0.05) is 11.6 Å². The van der Waals surface area contributed by atoms with E-state index in [1.165, 1.54) is 17.7 Å². The van der Waals surface area contributed by atoms with Gasteiger partial charge in [-0.25, -0.2) is 9.18 Å². The first kappa shape index (κ1) is 16.2. The lowest BCUT2D eigenvalue weighted by molar-refractivity contribution is 0.0475. The van der Waals surface area contributed by atoms with Crippen molar-refractivity contribution >= 4 is 16.9 Å². The Morgan fingerprint density at radius 3 is 2.46 bits per heavy atom. The number of halogens is 1. The highest BCUT2D eigenvalue weighted by Gasteiger charge is 2.16. The normalized spacial score (nSPS) is 11.7. The summed E-state index contributed by atoms with van der Waals surface area (Å²) in [5, 5.41) is 0.388. The molecule has 0 aliphatic heterocycles. The second kappa shape index (κ2) is 6.11. The fourth-order valence-corrected chi connectivity index (χ4v) is 2.62. The number of carbonyl (C=O) groups is 1. The van der Waals surface area contributed by atoms with Crippen molar-refractivity contribution < 1.29 is 13.9 Å². The van der Waals surface area contributed by atoms with E-state index in [1.54, 1.807) is 12.3 Å². The maximum absolute atomic E-state index is 13.7. The summed E-state index contributed by atoms with van der Waals surface area (Å²) < 4.78 is 19.1. The van der Waals surface area contributed by atoms with Gasteiger partial charge in [-0.1, -0.05) is 45.0 Å². The van der Waals surface area contributed by atoms with Gasteiger partial charge in [0.2, 0.25) is 0 Å². The summed E-state index contributed by atoms with van der Waals surface area (Å²) in [5.41, 5.74) is 3.03. The van der Waals surface area contributed by atoms with E-state index >= 15 is 0 Å². The lowest BCUT2D eigenvalue weighted by atomic mass is 9.87. The van der Waals surface area contributed by atoms with Crippen molar-refractivity contribution in [2.75, 3.05) is 0 Å². The van der Waals surface area contributed by atoms with Crippen LogP contribution in [-0.4, -0.2) is 11.0 Å². The maximum Gasteiger partial charge on any atom is 0.340 e. The molecular weight excluding hydrogens is 305 g/mol. The number of carbonyl (C=O) groups excluding carboxylic acids is 1. The van der Waals surface area contributed by atoms with Crippen molar-refractivity contribution in [3.63, 3.8) is 0 Å². The average Bonchev–Trinajstić information content (AvgIpc) is 3.03. The van der Waals surface area contributed by atoms with E-state index in [9.17, 15) is 9.18 Å². The third-order valence-electron chi connectivity index (χ3n) is 4.08. The molecule has 0 amide bonds. The molecule has 0 unspecified atom stereocenters. The number of aromatic amines is 1. The Balaban J connectivity index is 1.73. The molecule has 0 radical (unpaired) electrons. The van der Waals surface area contributed by atoms with Crippen molar-refractivity contribution in [3.8, 4) is 0 Å². The number of fused-ring (bicyclic) bond motifs is 1. The number of nitrogens with one attached hydrogen (secondary N) is 1. The Kier molecular flexibility index (Phi) is 4.14. The van der Waals surface area contributed by atoms with Crippen LogP contribution < -0.4 is 0 Å². The minimum Gasteiger partial charge on any atom is -0.457 e. The van der Waals surface area contributed by atoms with Gasteiger partial charge in [0.25, 0.3) is 0 Å². The Morgan fingerprint density at radius 1 is 1.08 bits per heavy atom. The zero-order valence-corrected chi connectivity index (χ0v) is 14.0. The molecule has 0 saturated carbocycles. The first-order chi connectivity index (χ1) is 11.4. The first-order valence-electron chi connectivity index (χ1n) is 7.88. The largest absolute Gasteiger partial charge is 0.457 e. The molecule has 1 N–H and O–H groups in total. The number of rotatable bonds is 3. The van der Waals surface area contributed by atoms with E-state index in [0.29, 0.717) is 16.5 Å². The van der Waals surface area contributed by atoms with Crippen LogP contribution in [0.5, 0.6) is 0 Å². The van der Waals surface area contributed by atoms with Gasteiger partial charge in [-0.15, -0.1) is 0 Å². The Hall–Kier alpha value is -2.62. The second-order valence-electron chi connectivity index (χ2n) is 6.88. The van der Waals surface area contributed by atoms with E-state index < -0.39 is 5.97 Å². The van der Waals surface area contributed by atoms with E-state index in [4.69, 9.17) is 4.74 Å². The van der Waals surface area contributed by atoms with Crippen LogP contribution in [0.2, 0.25) is 0 Å². The van der Waals surface area contributed by atoms with Crippen molar-refractivity contribution in [2.24, 2.45) is 0 Å². The molecule has 0 saturated heterocycles. The molecular formula is C20H20FNO2. The van der Waals surface area contributed by atoms with Gasteiger partial charge < -0.3 is 9.72 Å².